The molecule has 11 heteroatoms. The van der Waals surface area contributed by atoms with Crippen LogP contribution >= 0.6 is 0 Å². The highest BCUT2D eigenvalue weighted by Crippen LogP contribution is 2.22. The predicted molar refractivity (Wildman–Crippen MR) is 67.5 cm³/mol. The molecule has 0 bridgehead atoms. The monoisotopic (exact) mass is 338 g/mol. The van der Waals surface area contributed by atoms with Gasteiger partial charge in [0.2, 0.25) is 5.52 Å². The maximum atomic E-state index is 10.7. The first-order valence-corrected chi connectivity index (χ1v) is 6.90. The second-order valence-corrected chi connectivity index (χ2v) is 5.36. The van der Waals surface area contributed by atoms with Crippen LogP contribution in [0.25, 0.3) is 10.9 Å². The van der Waals surface area contributed by atoms with Gasteiger partial charge in [0.1, 0.15) is 12.4 Å². The lowest BCUT2D eigenvalue weighted by Gasteiger charge is -2.08. The Bertz CT molecular complexity index is 805. The number of non-ortho nitro benzene ring substituents is 1. The maximum Gasteiger partial charge on any atom is 0.485 e. The summed E-state index contributed by atoms with van der Waals surface area (Å²) in [5.74, 6) is 0. The van der Waals surface area contributed by atoms with Crippen LogP contribution in [0.5, 0.6) is 0 Å². The van der Waals surface area contributed by atoms with Crippen LogP contribution in [0.4, 0.5) is 18.9 Å². The number of alkyl halides is 3. The Morgan fingerprint density at radius 3 is 2.18 bits per heavy atom. The van der Waals surface area contributed by atoms with Crippen molar-refractivity contribution in [2.75, 3.05) is 0 Å². The number of hydrogen-bond acceptors (Lipinski definition) is 5. The molecular formula is C11H9F3N2O5S. The number of nitrogens with zero attached hydrogens (tertiary/aromatic N) is 2. The van der Waals surface area contributed by atoms with E-state index in [-0.39, 0.29) is 10.6 Å². The predicted octanol–water partition coefficient (Wildman–Crippen LogP) is 1.62. The Hall–Kier alpha value is -2.27. The second-order valence-electron chi connectivity index (χ2n) is 3.99. The number of hydrogen-bond donors (Lipinski definition) is 0. The number of fused-ring (bicyclic) bond motifs is 1. The minimum Gasteiger partial charge on any atom is -0.741 e. The molecular weight excluding hydrogens is 329 g/mol. The van der Waals surface area contributed by atoms with E-state index in [1.165, 1.54) is 6.07 Å². The molecule has 0 atom stereocenters. The summed E-state index contributed by atoms with van der Waals surface area (Å²) in [6, 6.07) is 8.63. The van der Waals surface area contributed by atoms with Crippen molar-refractivity contribution in [2.24, 2.45) is 7.05 Å². The molecule has 0 aliphatic carbocycles. The third-order valence-corrected chi connectivity index (χ3v) is 3.06. The van der Waals surface area contributed by atoms with Gasteiger partial charge in [-0.3, -0.25) is 10.1 Å². The first-order valence-electron chi connectivity index (χ1n) is 5.49. The van der Waals surface area contributed by atoms with E-state index in [0.29, 0.717) is 5.39 Å². The smallest absolute Gasteiger partial charge is 0.485 e. The van der Waals surface area contributed by atoms with Gasteiger partial charge in [0.05, 0.1) is 4.92 Å². The standard InChI is InChI=1S/C10H9N2O2.CHF3O3S/c1-11-7-3-4-8-9(11)5-2-6-10(8)12(13)14;2-1(3,4)8(5,6)7/h2-7H,1H3;(H,5,6,7)/q+1;/p-1. The van der Waals surface area contributed by atoms with E-state index in [1.807, 2.05) is 23.9 Å². The molecule has 120 valence electrons. The average molecular weight is 338 g/mol. The largest absolute Gasteiger partial charge is 0.741 e. The van der Waals surface area contributed by atoms with Gasteiger partial charge in [-0.05, 0) is 12.1 Å². The molecule has 7 nitrogen and oxygen atoms in total. The van der Waals surface area contributed by atoms with Gasteiger partial charge in [-0.1, -0.05) is 0 Å². The number of halogens is 3. The maximum absolute atomic E-state index is 10.7. The highest BCUT2D eigenvalue weighted by molar-refractivity contribution is 7.86. The molecule has 0 aliphatic heterocycles. The number of aryl methyl sites for hydroxylation is 1. The highest BCUT2D eigenvalue weighted by Gasteiger charge is 2.36. The van der Waals surface area contributed by atoms with Gasteiger partial charge in [0, 0.05) is 18.2 Å². The van der Waals surface area contributed by atoms with Crippen molar-refractivity contribution in [3.8, 4) is 0 Å². The van der Waals surface area contributed by atoms with Gasteiger partial charge in [-0.2, -0.15) is 13.2 Å². The van der Waals surface area contributed by atoms with Gasteiger partial charge in [-0.25, -0.2) is 13.0 Å². The minimum atomic E-state index is -6.09. The topological polar surface area (TPSA) is 104 Å². The summed E-state index contributed by atoms with van der Waals surface area (Å²) in [6.45, 7) is 0. The third-order valence-electron chi connectivity index (χ3n) is 2.49. The highest BCUT2D eigenvalue weighted by atomic mass is 32.2. The normalized spacial score (nSPS) is 11.7. The van der Waals surface area contributed by atoms with Gasteiger partial charge < -0.3 is 4.55 Å². The van der Waals surface area contributed by atoms with E-state index < -0.39 is 15.6 Å². The van der Waals surface area contributed by atoms with E-state index in [2.05, 4.69) is 0 Å². The third kappa shape index (κ3) is 4.11. The molecule has 0 aliphatic rings. The molecule has 1 aromatic heterocycles. The van der Waals surface area contributed by atoms with Crippen molar-refractivity contribution >= 4 is 26.7 Å². The molecule has 0 N–H and O–H groups in total. The van der Waals surface area contributed by atoms with Crippen LogP contribution in [0.3, 0.4) is 0 Å². The average Bonchev–Trinajstić information content (AvgIpc) is 2.37. The molecule has 0 spiro atoms. The van der Waals surface area contributed by atoms with Gasteiger partial charge in [0.25, 0.3) is 5.69 Å². The molecule has 0 fully saturated rings. The Balaban J connectivity index is 0.000000261. The van der Waals surface area contributed by atoms with Crippen LogP contribution in [0.2, 0.25) is 0 Å². The molecule has 1 aromatic carbocycles. The first-order chi connectivity index (χ1) is 9.95. The first kappa shape index (κ1) is 17.8. The van der Waals surface area contributed by atoms with Crippen molar-refractivity contribution in [1.29, 1.82) is 0 Å². The number of benzene rings is 1. The fourth-order valence-corrected chi connectivity index (χ4v) is 1.53. The molecule has 0 radical (unpaired) electrons. The van der Waals surface area contributed by atoms with Crippen molar-refractivity contribution in [3.05, 3.63) is 46.6 Å². The number of rotatable bonds is 1. The van der Waals surface area contributed by atoms with E-state index in [1.54, 1.807) is 18.2 Å². The van der Waals surface area contributed by atoms with Crippen LogP contribution in [0, 0.1) is 10.1 Å². The zero-order chi connectivity index (χ0) is 17.1. The van der Waals surface area contributed by atoms with Crippen LogP contribution in [0.15, 0.2) is 36.5 Å². The van der Waals surface area contributed by atoms with E-state index >= 15 is 0 Å². The number of nitro benzene ring substituents is 1. The molecule has 22 heavy (non-hydrogen) atoms. The fourth-order valence-electron chi connectivity index (χ4n) is 1.53. The number of nitro groups is 1. The quantitative estimate of drug-likeness (QED) is 0.258. The van der Waals surface area contributed by atoms with Crippen LogP contribution in [-0.4, -0.2) is 23.4 Å². The summed E-state index contributed by atoms with van der Waals surface area (Å²) >= 11 is 0. The lowest BCUT2D eigenvalue weighted by Crippen LogP contribution is -2.27. The number of pyridine rings is 1. The summed E-state index contributed by atoms with van der Waals surface area (Å²) in [4.78, 5) is 10.4. The Labute approximate surface area is 122 Å². The van der Waals surface area contributed by atoms with E-state index in [9.17, 15) is 23.3 Å². The molecule has 0 saturated carbocycles. The summed E-state index contributed by atoms with van der Waals surface area (Å²) in [7, 11) is -4.22. The Morgan fingerprint density at radius 1 is 1.18 bits per heavy atom. The molecule has 1 heterocycles. The molecule has 2 aromatic rings. The van der Waals surface area contributed by atoms with Gasteiger partial charge in [0.15, 0.2) is 16.3 Å². The molecule has 0 amide bonds. The fraction of sp³-hybridized carbons (Fsp3) is 0.182. The molecule has 0 saturated heterocycles. The van der Waals surface area contributed by atoms with Gasteiger partial charge in [-0.15, -0.1) is 0 Å². The minimum absolute atomic E-state index is 0.152. The SMILES string of the molecule is C[n+]1cccc2c([N+](=O)[O-])cccc21.O=S(=O)([O-])C(F)(F)F. The van der Waals surface area contributed by atoms with Crippen molar-refractivity contribution in [1.82, 2.24) is 0 Å². The van der Waals surface area contributed by atoms with Crippen LogP contribution < -0.4 is 4.57 Å². The Morgan fingerprint density at radius 2 is 1.73 bits per heavy atom. The van der Waals surface area contributed by atoms with Crippen molar-refractivity contribution < 1.29 is 35.6 Å². The lowest BCUT2D eigenvalue weighted by atomic mass is 10.2. The number of aromatic nitrogens is 1. The molecule has 0 unspecified atom stereocenters. The molecule has 2 rings (SSSR count). The summed E-state index contributed by atoms with van der Waals surface area (Å²) in [6.07, 6.45) is 1.87. The zero-order valence-electron chi connectivity index (χ0n) is 10.9. The van der Waals surface area contributed by atoms with Crippen molar-refractivity contribution in [2.45, 2.75) is 5.51 Å². The van der Waals surface area contributed by atoms with E-state index in [0.717, 1.165) is 5.52 Å². The summed E-state index contributed by atoms with van der Waals surface area (Å²) in [5, 5.41) is 11.4. The van der Waals surface area contributed by atoms with Crippen molar-refractivity contribution in [3.63, 3.8) is 0 Å². The lowest BCUT2D eigenvalue weighted by molar-refractivity contribution is -0.645. The summed E-state index contributed by atoms with van der Waals surface area (Å²) < 4.78 is 60.8. The zero-order valence-corrected chi connectivity index (χ0v) is 11.8. The van der Waals surface area contributed by atoms with Gasteiger partial charge >= 0.3 is 5.51 Å². The van der Waals surface area contributed by atoms with E-state index in [4.69, 9.17) is 13.0 Å². The second kappa shape index (κ2) is 6.23. The Kier molecular flexibility index (Phi) is 5.04. The summed E-state index contributed by atoms with van der Waals surface area (Å²) in [5.41, 5.74) is -4.63. The van der Waals surface area contributed by atoms with Crippen LogP contribution in [0.1, 0.15) is 0 Å². The van der Waals surface area contributed by atoms with Crippen LogP contribution in [-0.2, 0) is 17.2 Å².